The third-order valence-electron chi connectivity index (χ3n) is 4.04. The molecule has 0 spiro atoms. The first-order chi connectivity index (χ1) is 10.1. The van der Waals surface area contributed by atoms with Crippen molar-refractivity contribution in [3.05, 3.63) is 51.2 Å². The molecule has 112 valence electrons. The van der Waals surface area contributed by atoms with Crippen LogP contribution in [0.5, 0.6) is 0 Å². The van der Waals surface area contributed by atoms with E-state index in [1.54, 1.807) is 23.5 Å². The second-order valence-corrected chi connectivity index (χ2v) is 7.18. The molecule has 1 aliphatic rings. The largest absolute Gasteiger partial charge is 0.313 e. The van der Waals surface area contributed by atoms with Crippen LogP contribution in [0.15, 0.2) is 24.3 Å². The second kappa shape index (κ2) is 6.24. The van der Waals surface area contributed by atoms with E-state index in [4.69, 9.17) is 0 Å². The summed E-state index contributed by atoms with van der Waals surface area (Å²) in [7, 11) is 0. The Morgan fingerprint density at radius 3 is 2.81 bits per heavy atom. The van der Waals surface area contributed by atoms with Crippen molar-refractivity contribution in [3.8, 4) is 0 Å². The van der Waals surface area contributed by atoms with Crippen molar-refractivity contribution in [1.29, 1.82) is 0 Å². The summed E-state index contributed by atoms with van der Waals surface area (Å²) in [6.07, 6.45) is 3.42. The highest BCUT2D eigenvalue weighted by molar-refractivity contribution is 7.11. The maximum absolute atomic E-state index is 13.5. The molecule has 1 aromatic carbocycles. The van der Waals surface area contributed by atoms with Crippen LogP contribution in [0.2, 0.25) is 0 Å². The number of benzene rings is 1. The lowest BCUT2D eigenvalue weighted by atomic mass is 9.95. The molecule has 2 nitrogen and oxygen atoms in total. The van der Waals surface area contributed by atoms with Crippen LogP contribution in [0.25, 0.3) is 0 Å². The molecule has 1 aromatic heterocycles. The summed E-state index contributed by atoms with van der Waals surface area (Å²) >= 11 is 1.76. The predicted octanol–water partition coefficient (Wildman–Crippen LogP) is 3.98. The molecule has 1 atom stereocenters. The van der Waals surface area contributed by atoms with Crippen molar-refractivity contribution in [1.82, 2.24) is 10.3 Å². The van der Waals surface area contributed by atoms with Crippen molar-refractivity contribution >= 4 is 11.3 Å². The van der Waals surface area contributed by atoms with Crippen molar-refractivity contribution in [2.45, 2.75) is 45.1 Å². The molecule has 4 heteroatoms. The summed E-state index contributed by atoms with van der Waals surface area (Å²) in [5.74, 6) is 0.127. The number of aromatic nitrogens is 1. The predicted molar refractivity (Wildman–Crippen MR) is 85.5 cm³/mol. The van der Waals surface area contributed by atoms with Gasteiger partial charge in [0.25, 0.3) is 0 Å². The van der Waals surface area contributed by atoms with Crippen LogP contribution in [0, 0.1) is 19.7 Å². The van der Waals surface area contributed by atoms with Gasteiger partial charge in [0.05, 0.1) is 10.7 Å². The van der Waals surface area contributed by atoms with Gasteiger partial charge in [-0.25, -0.2) is 9.37 Å². The molecule has 1 N–H and O–H groups in total. The van der Waals surface area contributed by atoms with Gasteiger partial charge in [0.15, 0.2) is 0 Å². The Hall–Kier alpha value is -1.26. The topological polar surface area (TPSA) is 24.9 Å². The number of rotatable bonds is 6. The quantitative estimate of drug-likeness (QED) is 0.873. The summed E-state index contributed by atoms with van der Waals surface area (Å²) in [5, 5.41) is 4.72. The van der Waals surface area contributed by atoms with Crippen molar-refractivity contribution < 1.29 is 4.39 Å². The van der Waals surface area contributed by atoms with E-state index in [1.807, 2.05) is 6.07 Å². The van der Waals surface area contributed by atoms with Gasteiger partial charge in [-0.1, -0.05) is 12.1 Å². The lowest BCUT2D eigenvalue weighted by Gasteiger charge is -2.17. The average molecular weight is 304 g/mol. The highest BCUT2D eigenvalue weighted by Gasteiger charge is 2.23. The molecule has 0 saturated heterocycles. The van der Waals surface area contributed by atoms with E-state index in [0.29, 0.717) is 6.04 Å². The molecule has 1 fully saturated rings. The smallest absolute Gasteiger partial charge is 0.123 e. The maximum atomic E-state index is 13.5. The number of hydrogen-bond donors (Lipinski definition) is 1. The Bertz CT molecular complexity index is 600. The molecule has 1 saturated carbocycles. The second-order valence-electron chi connectivity index (χ2n) is 5.89. The first-order valence-electron chi connectivity index (χ1n) is 7.53. The minimum absolute atomic E-state index is 0.157. The molecule has 0 aliphatic heterocycles. The van der Waals surface area contributed by atoms with Gasteiger partial charge in [-0.05, 0) is 44.4 Å². The van der Waals surface area contributed by atoms with Gasteiger partial charge >= 0.3 is 0 Å². The standard InChI is InChI=1S/C17H21FN2S/c1-11-12(2)21-17(20-11)9-14(10-19-16-6-7-16)13-4-3-5-15(18)8-13/h3-5,8,14,16,19H,6-7,9-10H2,1-2H3. The van der Waals surface area contributed by atoms with Crippen molar-refractivity contribution in [2.75, 3.05) is 6.54 Å². The van der Waals surface area contributed by atoms with Gasteiger partial charge in [0.2, 0.25) is 0 Å². The first-order valence-corrected chi connectivity index (χ1v) is 8.35. The van der Waals surface area contributed by atoms with Gasteiger partial charge in [-0.15, -0.1) is 11.3 Å². The van der Waals surface area contributed by atoms with Gasteiger partial charge in [0, 0.05) is 29.8 Å². The lowest BCUT2D eigenvalue weighted by Crippen LogP contribution is -2.24. The zero-order valence-electron chi connectivity index (χ0n) is 12.5. The molecule has 0 amide bonds. The fourth-order valence-corrected chi connectivity index (χ4v) is 3.52. The summed E-state index contributed by atoms with van der Waals surface area (Å²) < 4.78 is 13.5. The van der Waals surface area contributed by atoms with E-state index in [2.05, 4.69) is 24.1 Å². The monoisotopic (exact) mass is 304 g/mol. The van der Waals surface area contributed by atoms with Crippen LogP contribution in [-0.4, -0.2) is 17.6 Å². The van der Waals surface area contributed by atoms with Gasteiger partial charge in [-0.2, -0.15) is 0 Å². The molecule has 3 rings (SSSR count). The number of halogens is 1. The first kappa shape index (κ1) is 14.7. The molecule has 0 bridgehead atoms. The van der Waals surface area contributed by atoms with Gasteiger partial charge in [0.1, 0.15) is 5.82 Å². The molecule has 1 aliphatic carbocycles. The SMILES string of the molecule is Cc1nc(CC(CNC2CC2)c2cccc(F)c2)sc1C. The Morgan fingerprint density at radius 1 is 1.38 bits per heavy atom. The van der Waals surface area contributed by atoms with E-state index in [9.17, 15) is 4.39 Å². The molecular formula is C17H21FN2S. The molecule has 21 heavy (non-hydrogen) atoms. The highest BCUT2D eigenvalue weighted by Crippen LogP contribution is 2.27. The summed E-state index contributed by atoms with van der Waals surface area (Å²) in [6.45, 7) is 5.05. The summed E-state index contributed by atoms with van der Waals surface area (Å²) in [4.78, 5) is 5.91. The number of hydrogen-bond acceptors (Lipinski definition) is 3. The maximum Gasteiger partial charge on any atom is 0.123 e. The fourth-order valence-electron chi connectivity index (χ4n) is 2.50. The van der Waals surface area contributed by atoms with Crippen LogP contribution in [0.3, 0.4) is 0 Å². The van der Waals surface area contributed by atoms with Gasteiger partial charge in [-0.3, -0.25) is 0 Å². The number of aryl methyl sites for hydroxylation is 2. The molecule has 1 unspecified atom stereocenters. The number of thiazole rings is 1. The van der Waals surface area contributed by atoms with Crippen LogP contribution >= 0.6 is 11.3 Å². The van der Waals surface area contributed by atoms with E-state index in [-0.39, 0.29) is 11.7 Å². The number of nitrogens with one attached hydrogen (secondary N) is 1. The zero-order valence-corrected chi connectivity index (χ0v) is 13.3. The number of nitrogens with zero attached hydrogens (tertiary/aromatic N) is 1. The summed E-state index contributed by atoms with van der Waals surface area (Å²) in [5.41, 5.74) is 2.18. The van der Waals surface area contributed by atoms with E-state index >= 15 is 0 Å². The van der Waals surface area contributed by atoms with E-state index < -0.39 is 0 Å². The highest BCUT2D eigenvalue weighted by atomic mass is 32.1. The molecule has 0 radical (unpaired) electrons. The minimum atomic E-state index is -0.157. The normalized spacial score (nSPS) is 16.1. The Morgan fingerprint density at radius 2 is 2.19 bits per heavy atom. The minimum Gasteiger partial charge on any atom is -0.313 e. The van der Waals surface area contributed by atoms with Crippen LogP contribution in [0.4, 0.5) is 4.39 Å². The zero-order chi connectivity index (χ0) is 14.8. The van der Waals surface area contributed by atoms with E-state index in [1.165, 1.54) is 23.8 Å². The lowest BCUT2D eigenvalue weighted by molar-refractivity contribution is 0.568. The fraction of sp³-hybridized carbons (Fsp3) is 0.471. The summed E-state index contributed by atoms with van der Waals surface area (Å²) in [6, 6.07) is 7.66. The van der Waals surface area contributed by atoms with E-state index in [0.717, 1.165) is 29.2 Å². The van der Waals surface area contributed by atoms with Crippen molar-refractivity contribution in [3.63, 3.8) is 0 Å². The van der Waals surface area contributed by atoms with Crippen LogP contribution < -0.4 is 5.32 Å². The molecular weight excluding hydrogens is 283 g/mol. The molecule has 2 aromatic rings. The third-order valence-corrected chi connectivity index (χ3v) is 5.14. The van der Waals surface area contributed by atoms with Crippen LogP contribution in [-0.2, 0) is 6.42 Å². The third kappa shape index (κ3) is 3.89. The Balaban J connectivity index is 1.77. The van der Waals surface area contributed by atoms with Gasteiger partial charge < -0.3 is 5.32 Å². The van der Waals surface area contributed by atoms with Crippen molar-refractivity contribution in [2.24, 2.45) is 0 Å². The Labute approximate surface area is 129 Å². The molecule has 1 heterocycles. The Kier molecular flexibility index (Phi) is 4.36. The average Bonchev–Trinajstić information content (AvgIpc) is 3.21. The van der Waals surface area contributed by atoms with Crippen LogP contribution in [0.1, 0.15) is 39.9 Å².